The van der Waals surface area contributed by atoms with E-state index in [2.05, 4.69) is 11.9 Å². The average Bonchev–Trinajstić information content (AvgIpc) is 2.75. The summed E-state index contributed by atoms with van der Waals surface area (Å²) in [6, 6.07) is 0. The van der Waals surface area contributed by atoms with Crippen molar-refractivity contribution in [3.05, 3.63) is 16.8 Å². The topological polar surface area (TPSA) is 42.2 Å². The quantitative estimate of drug-likeness (QED) is 0.665. The Bertz CT molecular complexity index is 398. The lowest BCUT2D eigenvalue weighted by molar-refractivity contribution is 0.891. The Kier molecular flexibility index (Phi) is 1.52. The van der Waals surface area contributed by atoms with Gasteiger partial charge >= 0.3 is 0 Å². The third kappa shape index (κ3) is 0.897. The number of nitrogens with two attached hydrogens (primary N) is 1. The van der Waals surface area contributed by atoms with Crippen LogP contribution >= 0.6 is 0 Å². The van der Waals surface area contributed by atoms with Crippen molar-refractivity contribution in [3.63, 3.8) is 0 Å². The van der Waals surface area contributed by atoms with E-state index < -0.39 is 0 Å². The molecule has 0 radical (unpaired) electrons. The molecule has 0 unspecified atom stereocenters. The van der Waals surface area contributed by atoms with Gasteiger partial charge in [0.25, 0.3) is 0 Å². The largest absolute Gasteiger partial charge is 0.398 e. The van der Waals surface area contributed by atoms with Gasteiger partial charge in [0.05, 0.1) is 0 Å². The molecule has 0 fully saturated rings. The van der Waals surface area contributed by atoms with Crippen LogP contribution in [0.2, 0.25) is 0 Å². The van der Waals surface area contributed by atoms with Crippen LogP contribution in [0.25, 0.3) is 0 Å². The molecule has 0 amide bonds. The monoisotopic (exact) mass is 189 g/mol. The second-order valence-electron chi connectivity index (χ2n) is 4.28. The molecule has 0 bridgehead atoms. The molecule has 1 aromatic rings. The van der Waals surface area contributed by atoms with Crippen LogP contribution in [0.1, 0.15) is 23.2 Å². The van der Waals surface area contributed by atoms with Crippen LogP contribution in [0.3, 0.4) is 0 Å². The Labute approximate surface area is 83.9 Å². The molecule has 0 atom stereocenters. The molecule has 0 saturated carbocycles. The van der Waals surface area contributed by atoms with Crippen LogP contribution in [0, 0.1) is 0 Å². The SMILES string of the molecule is CN1CCc2c1nc1c(c2N)CCC1. The van der Waals surface area contributed by atoms with Crippen molar-refractivity contribution in [2.45, 2.75) is 25.7 Å². The Balaban J connectivity index is 2.24. The highest BCUT2D eigenvalue weighted by Gasteiger charge is 2.26. The highest BCUT2D eigenvalue weighted by molar-refractivity contribution is 5.69. The number of nitrogen functional groups attached to an aromatic ring is 1. The lowest BCUT2D eigenvalue weighted by Crippen LogP contribution is -2.14. The molecule has 74 valence electrons. The van der Waals surface area contributed by atoms with Crippen LogP contribution in [-0.4, -0.2) is 18.6 Å². The van der Waals surface area contributed by atoms with E-state index in [-0.39, 0.29) is 0 Å². The second-order valence-corrected chi connectivity index (χ2v) is 4.28. The van der Waals surface area contributed by atoms with Crippen molar-refractivity contribution < 1.29 is 0 Å². The predicted octanol–water partition coefficient (Wildman–Crippen LogP) is 1.14. The molecule has 1 aromatic heterocycles. The van der Waals surface area contributed by atoms with Crippen molar-refractivity contribution in [2.75, 3.05) is 24.2 Å². The summed E-state index contributed by atoms with van der Waals surface area (Å²) in [6.45, 7) is 1.06. The smallest absolute Gasteiger partial charge is 0.133 e. The molecule has 2 aliphatic rings. The highest BCUT2D eigenvalue weighted by atomic mass is 15.2. The summed E-state index contributed by atoms with van der Waals surface area (Å²) in [5.74, 6) is 1.13. The molecular formula is C11H15N3. The first kappa shape index (κ1) is 8.09. The van der Waals surface area contributed by atoms with Gasteiger partial charge < -0.3 is 10.6 Å². The van der Waals surface area contributed by atoms with Crippen molar-refractivity contribution in [3.8, 4) is 0 Å². The van der Waals surface area contributed by atoms with Crippen molar-refractivity contribution >= 4 is 11.5 Å². The molecule has 3 rings (SSSR count). The van der Waals surface area contributed by atoms with E-state index in [1.807, 2.05) is 0 Å². The van der Waals surface area contributed by atoms with Gasteiger partial charge in [-0.05, 0) is 31.2 Å². The maximum atomic E-state index is 6.18. The predicted molar refractivity (Wildman–Crippen MR) is 57.6 cm³/mol. The van der Waals surface area contributed by atoms with Crippen molar-refractivity contribution in [1.82, 2.24) is 4.98 Å². The zero-order valence-corrected chi connectivity index (χ0v) is 8.51. The summed E-state index contributed by atoms with van der Waals surface area (Å²) in [5.41, 5.74) is 11.1. The minimum atomic E-state index is 1.03. The number of aryl methyl sites for hydroxylation is 1. The molecule has 0 saturated heterocycles. The van der Waals surface area contributed by atoms with E-state index in [0.29, 0.717) is 0 Å². The van der Waals surface area contributed by atoms with Gasteiger partial charge in [0.2, 0.25) is 0 Å². The Morgan fingerprint density at radius 2 is 2.07 bits per heavy atom. The third-order valence-electron chi connectivity index (χ3n) is 3.41. The number of fused-ring (bicyclic) bond motifs is 2. The van der Waals surface area contributed by atoms with Gasteiger partial charge in [-0.1, -0.05) is 0 Å². The molecule has 0 spiro atoms. The van der Waals surface area contributed by atoms with Crippen LogP contribution in [0.15, 0.2) is 0 Å². The molecule has 1 aliphatic heterocycles. The summed E-state index contributed by atoms with van der Waals surface area (Å²) < 4.78 is 0. The van der Waals surface area contributed by atoms with E-state index in [9.17, 15) is 0 Å². The minimum Gasteiger partial charge on any atom is -0.398 e. The summed E-state index contributed by atoms with van der Waals surface area (Å²) in [5, 5.41) is 0. The van der Waals surface area contributed by atoms with Gasteiger partial charge in [-0.2, -0.15) is 0 Å². The molecule has 14 heavy (non-hydrogen) atoms. The molecule has 2 heterocycles. The van der Waals surface area contributed by atoms with Crippen LogP contribution in [0.4, 0.5) is 11.5 Å². The number of pyridine rings is 1. The summed E-state index contributed by atoms with van der Waals surface area (Å²) >= 11 is 0. The van der Waals surface area contributed by atoms with Crippen LogP contribution in [0.5, 0.6) is 0 Å². The zero-order chi connectivity index (χ0) is 9.71. The summed E-state index contributed by atoms with van der Waals surface area (Å²) in [7, 11) is 2.10. The van der Waals surface area contributed by atoms with Gasteiger partial charge in [0.15, 0.2) is 0 Å². The van der Waals surface area contributed by atoms with E-state index in [0.717, 1.165) is 37.3 Å². The van der Waals surface area contributed by atoms with E-state index >= 15 is 0 Å². The fourth-order valence-corrected chi connectivity index (χ4v) is 2.59. The molecule has 0 aromatic carbocycles. The molecule has 2 N–H and O–H groups in total. The van der Waals surface area contributed by atoms with E-state index in [1.165, 1.54) is 23.2 Å². The lowest BCUT2D eigenvalue weighted by atomic mass is 10.1. The first-order valence-corrected chi connectivity index (χ1v) is 5.28. The lowest BCUT2D eigenvalue weighted by Gasteiger charge is -2.13. The Hall–Kier alpha value is -1.25. The Morgan fingerprint density at radius 1 is 1.21 bits per heavy atom. The second kappa shape index (κ2) is 2.62. The number of hydrogen-bond acceptors (Lipinski definition) is 3. The number of nitrogens with zero attached hydrogens (tertiary/aromatic N) is 2. The van der Waals surface area contributed by atoms with Crippen LogP contribution in [-0.2, 0) is 19.3 Å². The normalized spacial score (nSPS) is 18.5. The van der Waals surface area contributed by atoms with Gasteiger partial charge in [-0.25, -0.2) is 4.98 Å². The van der Waals surface area contributed by atoms with E-state index in [1.54, 1.807) is 0 Å². The summed E-state index contributed by atoms with van der Waals surface area (Å²) in [6.07, 6.45) is 4.53. The number of hydrogen-bond donors (Lipinski definition) is 1. The molecule has 3 nitrogen and oxygen atoms in total. The average molecular weight is 189 g/mol. The minimum absolute atomic E-state index is 1.03. The first-order chi connectivity index (χ1) is 6.77. The number of rotatable bonds is 0. The Morgan fingerprint density at radius 3 is 2.93 bits per heavy atom. The molecular weight excluding hydrogens is 174 g/mol. The highest BCUT2D eigenvalue weighted by Crippen LogP contribution is 2.36. The fraction of sp³-hybridized carbons (Fsp3) is 0.545. The fourth-order valence-electron chi connectivity index (χ4n) is 2.59. The van der Waals surface area contributed by atoms with Crippen LogP contribution < -0.4 is 10.6 Å². The molecule has 3 heteroatoms. The maximum absolute atomic E-state index is 6.18. The van der Waals surface area contributed by atoms with E-state index in [4.69, 9.17) is 10.7 Å². The maximum Gasteiger partial charge on any atom is 0.133 e. The van der Waals surface area contributed by atoms with Gasteiger partial charge in [0.1, 0.15) is 5.82 Å². The van der Waals surface area contributed by atoms with Crippen molar-refractivity contribution in [2.24, 2.45) is 0 Å². The number of likely N-dealkylation sites (N-methyl/N-ethyl adjacent to an activating group) is 1. The van der Waals surface area contributed by atoms with Crippen molar-refractivity contribution in [1.29, 1.82) is 0 Å². The first-order valence-electron chi connectivity index (χ1n) is 5.28. The zero-order valence-electron chi connectivity index (χ0n) is 8.51. The molecule has 1 aliphatic carbocycles. The summed E-state index contributed by atoms with van der Waals surface area (Å²) in [4.78, 5) is 6.93. The number of anilines is 2. The third-order valence-corrected chi connectivity index (χ3v) is 3.41. The van der Waals surface area contributed by atoms with Gasteiger partial charge in [-0.3, -0.25) is 0 Å². The van der Waals surface area contributed by atoms with Gasteiger partial charge in [0, 0.05) is 30.5 Å². The number of aromatic nitrogens is 1. The van der Waals surface area contributed by atoms with Gasteiger partial charge in [-0.15, -0.1) is 0 Å². The standard InChI is InChI=1S/C11H15N3/c1-14-6-5-8-10(12)7-3-2-4-9(7)13-11(8)14/h2-6H2,1H3,(H2,12,13).